The maximum absolute atomic E-state index is 13.0. The minimum Gasteiger partial charge on any atom is -0.398 e. The molecule has 0 heterocycles. The summed E-state index contributed by atoms with van der Waals surface area (Å²) in [4.78, 5) is 0.690. The lowest BCUT2D eigenvalue weighted by Gasteiger charge is -2.15. The molecule has 0 saturated heterocycles. The van der Waals surface area contributed by atoms with Gasteiger partial charge in [0.15, 0.2) is 0 Å². The summed E-state index contributed by atoms with van der Waals surface area (Å²) < 4.78 is 13.0. The van der Waals surface area contributed by atoms with Crippen LogP contribution in [0.25, 0.3) is 0 Å². The van der Waals surface area contributed by atoms with Crippen LogP contribution in [0.3, 0.4) is 0 Å². The molecule has 2 atom stereocenters. The SMILES string of the molecule is CC(O)C(C)Sc1cc(Cl)c(F)cc1N. The molecule has 5 heteroatoms. The molecule has 2 unspecified atom stereocenters. The standard InChI is InChI=1S/C10H13ClFNOS/c1-5(14)6(2)15-10-3-7(11)8(12)4-9(10)13/h3-6,14H,13H2,1-2H3. The lowest BCUT2D eigenvalue weighted by molar-refractivity contribution is 0.196. The molecule has 0 aromatic heterocycles. The first-order chi connectivity index (χ1) is 6.91. The number of aliphatic hydroxyl groups is 1. The minimum absolute atomic E-state index is 0.0196. The fourth-order valence-electron chi connectivity index (χ4n) is 0.945. The molecule has 0 aliphatic heterocycles. The largest absolute Gasteiger partial charge is 0.398 e. The third kappa shape index (κ3) is 3.26. The molecule has 2 nitrogen and oxygen atoms in total. The summed E-state index contributed by atoms with van der Waals surface area (Å²) in [6.07, 6.45) is -0.460. The number of nitrogens with two attached hydrogens (primary N) is 1. The molecule has 0 radical (unpaired) electrons. The zero-order valence-corrected chi connectivity index (χ0v) is 10.1. The van der Waals surface area contributed by atoms with Gasteiger partial charge in [-0.25, -0.2) is 4.39 Å². The number of thioether (sulfide) groups is 1. The Kier molecular flexibility index (Phi) is 4.25. The topological polar surface area (TPSA) is 46.2 Å². The van der Waals surface area contributed by atoms with Crippen LogP contribution in [0, 0.1) is 5.82 Å². The molecular weight excluding hydrogens is 237 g/mol. The van der Waals surface area contributed by atoms with Crippen molar-refractivity contribution < 1.29 is 9.50 Å². The highest BCUT2D eigenvalue weighted by molar-refractivity contribution is 8.00. The van der Waals surface area contributed by atoms with Gasteiger partial charge < -0.3 is 10.8 Å². The van der Waals surface area contributed by atoms with Gasteiger partial charge in [0, 0.05) is 15.8 Å². The van der Waals surface area contributed by atoms with E-state index in [1.54, 1.807) is 6.92 Å². The third-order valence-corrected chi connectivity index (χ3v) is 3.71. The van der Waals surface area contributed by atoms with E-state index in [-0.39, 0.29) is 10.3 Å². The van der Waals surface area contributed by atoms with Crippen molar-refractivity contribution in [1.29, 1.82) is 0 Å². The van der Waals surface area contributed by atoms with Crippen molar-refractivity contribution in [2.24, 2.45) is 0 Å². The Labute approximate surface area is 97.6 Å². The van der Waals surface area contributed by atoms with Crippen LogP contribution in [0.2, 0.25) is 5.02 Å². The van der Waals surface area contributed by atoms with Crippen molar-refractivity contribution in [1.82, 2.24) is 0 Å². The number of anilines is 1. The summed E-state index contributed by atoms with van der Waals surface area (Å²) in [5.74, 6) is -0.525. The van der Waals surface area contributed by atoms with Crippen LogP contribution in [0.4, 0.5) is 10.1 Å². The van der Waals surface area contributed by atoms with Crippen molar-refractivity contribution in [2.45, 2.75) is 30.1 Å². The fourth-order valence-corrected chi connectivity index (χ4v) is 2.15. The van der Waals surface area contributed by atoms with Crippen molar-refractivity contribution >= 4 is 29.1 Å². The van der Waals surface area contributed by atoms with Gasteiger partial charge >= 0.3 is 0 Å². The van der Waals surface area contributed by atoms with E-state index in [0.29, 0.717) is 10.6 Å². The first kappa shape index (κ1) is 12.6. The van der Waals surface area contributed by atoms with Gasteiger partial charge in [-0.3, -0.25) is 0 Å². The van der Waals surface area contributed by atoms with Crippen LogP contribution in [-0.4, -0.2) is 16.5 Å². The van der Waals surface area contributed by atoms with Gasteiger partial charge in [0.05, 0.1) is 11.1 Å². The van der Waals surface area contributed by atoms with E-state index < -0.39 is 11.9 Å². The van der Waals surface area contributed by atoms with Gasteiger partial charge in [-0.15, -0.1) is 11.8 Å². The zero-order chi connectivity index (χ0) is 11.6. The number of halogens is 2. The predicted octanol–water partition coefficient (Wildman–Crippen LogP) is 2.92. The van der Waals surface area contributed by atoms with Crippen molar-refractivity contribution in [3.63, 3.8) is 0 Å². The first-order valence-corrected chi connectivity index (χ1v) is 5.77. The number of hydrogen-bond acceptors (Lipinski definition) is 3. The van der Waals surface area contributed by atoms with Gasteiger partial charge in [-0.2, -0.15) is 0 Å². The number of nitrogen functional groups attached to an aromatic ring is 1. The smallest absolute Gasteiger partial charge is 0.143 e. The van der Waals surface area contributed by atoms with Gasteiger partial charge in [-0.05, 0) is 19.1 Å². The highest BCUT2D eigenvalue weighted by Crippen LogP contribution is 2.33. The van der Waals surface area contributed by atoms with Crippen LogP contribution in [0.5, 0.6) is 0 Å². The molecule has 1 rings (SSSR count). The minimum atomic E-state index is -0.525. The molecule has 0 spiro atoms. The number of benzene rings is 1. The maximum Gasteiger partial charge on any atom is 0.143 e. The molecule has 0 saturated carbocycles. The molecule has 84 valence electrons. The van der Waals surface area contributed by atoms with E-state index in [2.05, 4.69) is 0 Å². The Hall–Kier alpha value is -0.450. The molecular formula is C10H13ClFNOS. The van der Waals surface area contributed by atoms with Crippen LogP contribution in [0.15, 0.2) is 17.0 Å². The lowest BCUT2D eigenvalue weighted by Crippen LogP contribution is -2.15. The van der Waals surface area contributed by atoms with Gasteiger partial charge in [-0.1, -0.05) is 18.5 Å². The summed E-state index contributed by atoms with van der Waals surface area (Å²) >= 11 is 7.02. The van der Waals surface area contributed by atoms with Crippen LogP contribution >= 0.6 is 23.4 Å². The van der Waals surface area contributed by atoms with E-state index in [9.17, 15) is 9.50 Å². The molecule has 0 amide bonds. The Bertz CT molecular complexity index is 360. The van der Waals surface area contributed by atoms with Crippen molar-refractivity contribution in [3.05, 3.63) is 23.0 Å². The van der Waals surface area contributed by atoms with E-state index in [1.807, 2.05) is 6.92 Å². The summed E-state index contributed by atoms with van der Waals surface area (Å²) in [5, 5.41) is 9.35. The Morgan fingerprint density at radius 2 is 2.07 bits per heavy atom. The Morgan fingerprint density at radius 3 is 2.60 bits per heavy atom. The molecule has 0 aliphatic carbocycles. The molecule has 0 aliphatic rings. The highest BCUT2D eigenvalue weighted by Gasteiger charge is 2.14. The highest BCUT2D eigenvalue weighted by atomic mass is 35.5. The Balaban J connectivity index is 2.91. The molecule has 0 fully saturated rings. The summed E-state index contributed by atoms with van der Waals surface area (Å²) in [7, 11) is 0. The van der Waals surface area contributed by atoms with Crippen molar-refractivity contribution in [2.75, 3.05) is 5.73 Å². The lowest BCUT2D eigenvalue weighted by atomic mass is 10.3. The average Bonchev–Trinajstić information content (AvgIpc) is 2.13. The van der Waals surface area contributed by atoms with Gasteiger partial charge in [0.25, 0.3) is 0 Å². The third-order valence-electron chi connectivity index (χ3n) is 2.04. The molecule has 1 aromatic carbocycles. The number of rotatable bonds is 3. The summed E-state index contributed by atoms with van der Waals surface area (Å²) in [6.45, 7) is 3.56. The summed E-state index contributed by atoms with van der Waals surface area (Å²) in [6, 6.07) is 2.68. The Morgan fingerprint density at radius 1 is 1.47 bits per heavy atom. The molecule has 0 bridgehead atoms. The maximum atomic E-state index is 13.0. The quantitative estimate of drug-likeness (QED) is 0.640. The summed E-state index contributed by atoms with van der Waals surface area (Å²) in [5.41, 5.74) is 5.98. The number of hydrogen-bond donors (Lipinski definition) is 2. The van der Waals surface area contributed by atoms with Crippen LogP contribution in [-0.2, 0) is 0 Å². The number of aliphatic hydroxyl groups excluding tert-OH is 1. The normalized spacial score (nSPS) is 15.0. The molecule has 1 aromatic rings. The second kappa shape index (κ2) is 5.05. The van der Waals surface area contributed by atoms with Crippen molar-refractivity contribution in [3.8, 4) is 0 Å². The fraction of sp³-hybridized carbons (Fsp3) is 0.400. The monoisotopic (exact) mass is 249 g/mol. The first-order valence-electron chi connectivity index (χ1n) is 4.51. The van der Waals surface area contributed by atoms with Gasteiger partial charge in [0.1, 0.15) is 5.82 Å². The van der Waals surface area contributed by atoms with Gasteiger partial charge in [0.2, 0.25) is 0 Å². The predicted molar refractivity (Wildman–Crippen MR) is 62.8 cm³/mol. The van der Waals surface area contributed by atoms with Crippen LogP contribution in [0.1, 0.15) is 13.8 Å². The second-order valence-corrected chi connectivity index (χ2v) is 5.19. The van der Waals surface area contributed by atoms with Crippen LogP contribution < -0.4 is 5.73 Å². The average molecular weight is 250 g/mol. The van der Waals surface area contributed by atoms with E-state index in [0.717, 1.165) is 0 Å². The molecule has 15 heavy (non-hydrogen) atoms. The second-order valence-electron chi connectivity index (χ2n) is 3.37. The zero-order valence-electron chi connectivity index (χ0n) is 8.50. The van der Waals surface area contributed by atoms with E-state index >= 15 is 0 Å². The molecule has 3 N–H and O–H groups in total. The van der Waals surface area contributed by atoms with E-state index in [4.69, 9.17) is 17.3 Å². The van der Waals surface area contributed by atoms with E-state index in [1.165, 1.54) is 23.9 Å².